The second-order valence-electron chi connectivity index (χ2n) is 4.43. The van der Waals surface area contributed by atoms with Crippen LogP contribution < -0.4 is 0 Å². The van der Waals surface area contributed by atoms with E-state index >= 15 is 0 Å². The van der Waals surface area contributed by atoms with Gasteiger partial charge in [-0.05, 0) is 12.1 Å². The molecule has 1 aromatic rings. The summed E-state index contributed by atoms with van der Waals surface area (Å²) in [6.07, 6.45) is 0.0737. The maximum Gasteiger partial charge on any atom is 0.304 e. The molecule has 0 unspecified atom stereocenters. The monoisotopic (exact) mass is 335 g/mol. The zero-order valence-electron chi connectivity index (χ0n) is 11.4. The van der Waals surface area contributed by atoms with Crippen molar-refractivity contribution in [3.63, 3.8) is 0 Å². The molecule has 21 heavy (non-hydrogen) atoms. The molecule has 7 nitrogen and oxygen atoms in total. The number of hydrogen-bond acceptors (Lipinski definition) is 6. The van der Waals surface area contributed by atoms with Crippen molar-refractivity contribution in [3.8, 4) is 0 Å². The van der Waals surface area contributed by atoms with E-state index in [2.05, 4.69) is 0 Å². The van der Waals surface area contributed by atoms with Gasteiger partial charge in [0.05, 0.1) is 25.4 Å². The van der Waals surface area contributed by atoms with E-state index in [0.717, 1.165) is 0 Å². The summed E-state index contributed by atoms with van der Waals surface area (Å²) >= 11 is 1.39. The van der Waals surface area contributed by atoms with Crippen molar-refractivity contribution < 1.29 is 27.5 Å². The van der Waals surface area contributed by atoms with Crippen LogP contribution in [0.25, 0.3) is 0 Å². The molecule has 118 valence electrons. The first kappa shape index (κ1) is 16.3. The lowest BCUT2D eigenvalue weighted by Crippen LogP contribution is -2.40. The highest BCUT2D eigenvalue weighted by Crippen LogP contribution is 2.22. The Morgan fingerprint density at radius 1 is 1.33 bits per heavy atom. The molecule has 0 radical (unpaired) electrons. The second kappa shape index (κ2) is 7.30. The third-order valence-corrected chi connectivity index (χ3v) is 5.66. The van der Waals surface area contributed by atoms with Crippen molar-refractivity contribution in [1.29, 1.82) is 0 Å². The summed E-state index contributed by atoms with van der Waals surface area (Å²) in [4.78, 5) is 10.4. The van der Waals surface area contributed by atoms with Crippen LogP contribution in [0.2, 0.25) is 0 Å². The maximum atomic E-state index is 12.3. The molecule has 2 rings (SSSR count). The summed E-state index contributed by atoms with van der Waals surface area (Å²) in [6, 6.07) is 3.05. The predicted molar refractivity (Wildman–Crippen MR) is 76.7 cm³/mol. The molecule has 0 spiro atoms. The Morgan fingerprint density at radius 3 is 2.71 bits per heavy atom. The molecular formula is C12H17NO6S2. The Hall–Kier alpha value is -1.03. The van der Waals surface area contributed by atoms with Gasteiger partial charge in [-0.25, -0.2) is 8.42 Å². The average Bonchev–Trinajstić information content (AvgIpc) is 2.94. The standard InChI is InChI=1S/C12H17NO6S2/c14-11(15)3-8-20-9-10-1-2-12(19-10)21(16,17)13-4-6-18-7-5-13/h1-2H,3-9H2,(H,14,15). The Kier molecular flexibility index (Phi) is 5.68. The van der Waals surface area contributed by atoms with Crippen molar-refractivity contribution in [3.05, 3.63) is 17.9 Å². The van der Waals surface area contributed by atoms with Crippen LogP contribution in [0, 0.1) is 0 Å². The van der Waals surface area contributed by atoms with Gasteiger partial charge in [-0.2, -0.15) is 16.1 Å². The molecule has 1 aliphatic rings. The van der Waals surface area contributed by atoms with Gasteiger partial charge in [-0.15, -0.1) is 0 Å². The Bertz CT molecular complexity index is 576. The zero-order chi connectivity index (χ0) is 15.3. The van der Waals surface area contributed by atoms with E-state index in [9.17, 15) is 13.2 Å². The van der Waals surface area contributed by atoms with Crippen LogP contribution in [-0.4, -0.2) is 55.9 Å². The van der Waals surface area contributed by atoms with Crippen LogP contribution in [0.1, 0.15) is 12.2 Å². The number of carboxylic acids is 1. The Morgan fingerprint density at radius 2 is 2.05 bits per heavy atom. The van der Waals surface area contributed by atoms with Gasteiger partial charge in [0.15, 0.2) is 0 Å². The summed E-state index contributed by atoms with van der Waals surface area (Å²) in [5, 5.41) is 8.46. The number of hydrogen-bond donors (Lipinski definition) is 1. The number of morpholine rings is 1. The van der Waals surface area contributed by atoms with Crippen molar-refractivity contribution in [2.75, 3.05) is 32.1 Å². The lowest BCUT2D eigenvalue weighted by molar-refractivity contribution is -0.136. The third kappa shape index (κ3) is 4.47. The summed E-state index contributed by atoms with van der Waals surface area (Å²) in [5.41, 5.74) is 0. The fourth-order valence-corrected chi connectivity index (χ4v) is 3.98. The minimum Gasteiger partial charge on any atom is -0.481 e. The van der Waals surface area contributed by atoms with E-state index in [1.165, 1.54) is 22.1 Å². The average molecular weight is 335 g/mol. The number of carboxylic acid groups (broad SMARTS) is 1. The number of sulfonamides is 1. The molecule has 0 saturated carbocycles. The van der Waals surface area contributed by atoms with Gasteiger partial charge in [0.1, 0.15) is 5.76 Å². The quantitative estimate of drug-likeness (QED) is 0.743. The minimum atomic E-state index is -3.60. The van der Waals surface area contributed by atoms with Crippen LogP contribution in [0.3, 0.4) is 0 Å². The van der Waals surface area contributed by atoms with Gasteiger partial charge < -0.3 is 14.3 Å². The summed E-state index contributed by atoms with van der Waals surface area (Å²) in [7, 11) is -3.60. The second-order valence-corrected chi connectivity index (χ2v) is 7.41. The number of nitrogens with zero attached hydrogens (tertiary/aromatic N) is 1. The van der Waals surface area contributed by atoms with Crippen molar-refractivity contribution in [2.24, 2.45) is 0 Å². The summed E-state index contributed by atoms with van der Waals surface area (Å²) < 4.78 is 36.5. The number of ether oxygens (including phenoxy) is 1. The summed E-state index contributed by atoms with van der Waals surface area (Å²) in [6.45, 7) is 1.42. The zero-order valence-corrected chi connectivity index (χ0v) is 13.0. The molecule has 1 saturated heterocycles. The molecule has 0 atom stereocenters. The molecule has 1 aliphatic heterocycles. The Balaban J connectivity index is 1.93. The van der Waals surface area contributed by atoms with Crippen molar-refractivity contribution in [1.82, 2.24) is 4.31 Å². The van der Waals surface area contributed by atoms with Crippen molar-refractivity contribution >= 4 is 27.8 Å². The molecule has 0 aliphatic carbocycles. The van der Waals surface area contributed by atoms with E-state index in [0.29, 0.717) is 43.6 Å². The van der Waals surface area contributed by atoms with E-state index in [1.54, 1.807) is 6.07 Å². The third-order valence-electron chi connectivity index (χ3n) is 2.91. The molecule has 1 aromatic heterocycles. The fourth-order valence-electron chi connectivity index (χ4n) is 1.82. The largest absolute Gasteiger partial charge is 0.481 e. The van der Waals surface area contributed by atoms with Crippen LogP contribution >= 0.6 is 11.8 Å². The van der Waals surface area contributed by atoms with Gasteiger partial charge in [0, 0.05) is 18.8 Å². The molecular weight excluding hydrogens is 318 g/mol. The number of rotatable bonds is 7. The predicted octanol–water partition coefficient (Wildman–Crippen LogP) is 1.01. The number of aliphatic carboxylic acids is 1. The number of carbonyl (C=O) groups is 1. The first-order chi connectivity index (χ1) is 10.00. The van der Waals surface area contributed by atoms with Gasteiger partial charge in [-0.1, -0.05) is 0 Å². The van der Waals surface area contributed by atoms with Gasteiger partial charge in [0.25, 0.3) is 10.0 Å². The lowest BCUT2D eigenvalue weighted by atomic mass is 10.5. The van der Waals surface area contributed by atoms with Gasteiger partial charge >= 0.3 is 5.97 Å². The van der Waals surface area contributed by atoms with Gasteiger partial charge in [0.2, 0.25) is 5.09 Å². The molecule has 9 heteroatoms. The van der Waals surface area contributed by atoms with Crippen LogP contribution in [0.15, 0.2) is 21.6 Å². The van der Waals surface area contributed by atoms with Crippen molar-refractivity contribution in [2.45, 2.75) is 17.3 Å². The molecule has 2 heterocycles. The van der Waals surface area contributed by atoms with Crippen LogP contribution in [-0.2, 0) is 25.3 Å². The molecule has 0 amide bonds. The highest BCUT2D eigenvalue weighted by molar-refractivity contribution is 7.98. The van der Waals surface area contributed by atoms with Crippen LogP contribution in [0.4, 0.5) is 0 Å². The number of furan rings is 1. The smallest absolute Gasteiger partial charge is 0.304 e. The fraction of sp³-hybridized carbons (Fsp3) is 0.583. The minimum absolute atomic E-state index is 0.0711. The molecule has 1 fully saturated rings. The Labute approximate surface area is 127 Å². The number of thioether (sulfide) groups is 1. The van der Waals surface area contributed by atoms with E-state index in [4.69, 9.17) is 14.3 Å². The topological polar surface area (TPSA) is 97.0 Å². The lowest BCUT2D eigenvalue weighted by Gasteiger charge is -2.24. The molecule has 0 aromatic carbocycles. The molecule has 0 bridgehead atoms. The SMILES string of the molecule is O=C(O)CCSCc1ccc(S(=O)(=O)N2CCOCC2)o1. The van der Waals surface area contributed by atoms with E-state index in [1.807, 2.05) is 0 Å². The highest BCUT2D eigenvalue weighted by Gasteiger charge is 2.29. The summed E-state index contributed by atoms with van der Waals surface area (Å²) in [5.74, 6) is 0.586. The molecule has 1 N–H and O–H groups in total. The highest BCUT2D eigenvalue weighted by atomic mass is 32.2. The normalized spacial score (nSPS) is 17.0. The first-order valence-electron chi connectivity index (χ1n) is 6.46. The van der Waals surface area contributed by atoms with Crippen LogP contribution in [0.5, 0.6) is 0 Å². The van der Waals surface area contributed by atoms with E-state index < -0.39 is 16.0 Å². The first-order valence-corrected chi connectivity index (χ1v) is 9.06. The van der Waals surface area contributed by atoms with Gasteiger partial charge in [-0.3, -0.25) is 4.79 Å². The maximum absolute atomic E-state index is 12.3. The van der Waals surface area contributed by atoms with E-state index in [-0.39, 0.29) is 11.5 Å².